The molecule has 664 valence electrons. The number of carbonyl (C=O) groups excluding carboxylic acids is 3. The number of esters is 1. The average molecular weight is 1750 g/mol. The van der Waals surface area contributed by atoms with Crippen molar-refractivity contribution in [3.63, 3.8) is 0 Å². The zero-order valence-corrected chi connectivity index (χ0v) is 72.5. The molecule has 7 aliphatic heterocycles. The Morgan fingerprint density at radius 1 is 0.339 bits per heavy atom. The van der Waals surface area contributed by atoms with Crippen LogP contribution in [0.1, 0.15) is 90.3 Å². The lowest BCUT2D eigenvalue weighted by molar-refractivity contribution is -0.419. The molecule has 10 aromatic rings. The van der Waals surface area contributed by atoms with Gasteiger partial charge in [-0.05, 0) is 57.1 Å². The zero-order chi connectivity index (χ0) is 86.8. The molecule has 7 aliphatic rings. The van der Waals surface area contributed by atoms with Gasteiger partial charge in [0.05, 0.1) is 83.8 Å². The quantitative estimate of drug-likeness (QED) is 0.0200. The monoisotopic (exact) mass is 1740 g/mol. The molecule has 7 heterocycles. The molecule has 22 atom stereocenters. The van der Waals surface area contributed by atoms with Gasteiger partial charge in [-0.25, -0.2) is 0 Å². The van der Waals surface area contributed by atoms with Crippen molar-refractivity contribution in [1.29, 1.82) is 0 Å². The van der Waals surface area contributed by atoms with Crippen molar-refractivity contribution in [2.24, 2.45) is 0 Å². The SMILES string of the molecule is CC(=O)O[C@H]1[C@H]2OC(c3ccccc3)OC[C@H]2O[C@@H](O[C@H]2[C@H]3OC(c4ccccc4)OC[C@H]3O[C@H](O[C@H]3[C@@H](OCc4ccccc4)[C@@H](COCc4ccccc4)O[C@@H](O[C@H]4[C@H](OCc5ccccc5)[C@@H](OCc5ccccc5)[C@H](OCC[Si](C)(C)C)O[C@@H]4COCc4ccccc4)[C@@H]3OCc3ccccc3)[C@@H]2OCc2ccccc2)[C@@H]1N1C(=O)c2ccccc2C1=O. The summed E-state index contributed by atoms with van der Waals surface area (Å²) in [5.41, 5.74) is 7.52. The smallest absolute Gasteiger partial charge is 0.303 e. The van der Waals surface area contributed by atoms with Crippen LogP contribution >= 0.6 is 0 Å². The first-order valence-corrected chi connectivity index (χ1v) is 47.5. The fourth-order valence-electron chi connectivity index (χ4n) is 17.1. The lowest BCUT2D eigenvalue weighted by atomic mass is 9.92. The summed E-state index contributed by atoms with van der Waals surface area (Å²) in [6, 6.07) is 93.2. The third-order valence-corrected chi connectivity index (χ3v) is 25.3. The minimum Gasteiger partial charge on any atom is -0.457 e. The van der Waals surface area contributed by atoms with Crippen LogP contribution in [0.15, 0.2) is 297 Å². The highest BCUT2D eigenvalue weighted by atomic mass is 28.3. The van der Waals surface area contributed by atoms with Crippen LogP contribution in [0, 0.1) is 0 Å². The van der Waals surface area contributed by atoms with E-state index in [4.69, 9.17) is 94.7 Å². The number of fused-ring (bicyclic) bond motifs is 3. The topological polar surface area (TPSA) is 239 Å². The largest absolute Gasteiger partial charge is 0.457 e. The maximum atomic E-state index is 15.5. The van der Waals surface area contributed by atoms with Gasteiger partial charge in [0.2, 0.25) is 0 Å². The fourth-order valence-corrected chi connectivity index (χ4v) is 17.9. The molecule has 6 fully saturated rings. The van der Waals surface area contributed by atoms with Crippen LogP contribution in [-0.2, 0) is 146 Å². The summed E-state index contributed by atoms with van der Waals surface area (Å²) < 4.78 is 146. The van der Waals surface area contributed by atoms with E-state index in [1.807, 2.05) is 273 Å². The van der Waals surface area contributed by atoms with E-state index in [-0.39, 0.29) is 83.8 Å². The predicted molar refractivity (Wildman–Crippen MR) is 467 cm³/mol. The van der Waals surface area contributed by atoms with Crippen LogP contribution in [0.3, 0.4) is 0 Å². The van der Waals surface area contributed by atoms with Crippen molar-refractivity contribution >= 4 is 25.9 Å². The maximum Gasteiger partial charge on any atom is 0.303 e. The number of hydrogen-bond donors (Lipinski definition) is 0. The van der Waals surface area contributed by atoms with Crippen LogP contribution in [0.25, 0.3) is 0 Å². The van der Waals surface area contributed by atoms with Crippen LogP contribution in [0.4, 0.5) is 0 Å². The molecular weight excluding hydrogens is 1640 g/mol. The Bertz CT molecular complexity index is 5030. The fraction of sp³-hybridized carbons (Fsp3) is 0.382. The minimum absolute atomic E-state index is 0.0227. The second kappa shape index (κ2) is 43.1. The van der Waals surface area contributed by atoms with Gasteiger partial charge in [0.1, 0.15) is 91.5 Å². The van der Waals surface area contributed by atoms with Crippen molar-refractivity contribution < 1.29 is 109 Å². The molecule has 0 aliphatic carbocycles. The van der Waals surface area contributed by atoms with Gasteiger partial charge < -0.3 is 94.7 Å². The van der Waals surface area contributed by atoms with Gasteiger partial charge in [-0.3, -0.25) is 19.3 Å². The summed E-state index contributed by atoms with van der Waals surface area (Å²) >= 11 is 0. The molecule has 17 rings (SSSR count). The van der Waals surface area contributed by atoms with Crippen molar-refractivity contribution in [3.05, 3.63) is 358 Å². The Morgan fingerprint density at radius 3 is 1.09 bits per heavy atom. The van der Waals surface area contributed by atoms with Crippen molar-refractivity contribution in [2.75, 3.05) is 33.0 Å². The Balaban J connectivity index is 0.822. The van der Waals surface area contributed by atoms with Crippen molar-refractivity contribution in [3.8, 4) is 0 Å². The summed E-state index contributed by atoms with van der Waals surface area (Å²) in [5.74, 6) is -2.13. The van der Waals surface area contributed by atoms with Gasteiger partial charge in [0.15, 0.2) is 43.8 Å². The molecule has 0 saturated carbocycles. The van der Waals surface area contributed by atoms with Gasteiger partial charge in [-0.1, -0.05) is 305 Å². The molecule has 10 aromatic carbocycles. The number of amides is 2. The molecule has 0 spiro atoms. The number of rotatable bonds is 37. The molecule has 127 heavy (non-hydrogen) atoms. The second-order valence-electron chi connectivity index (χ2n) is 33.9. The van der Waals surface area contributed by atoms with E-state index >= 15 is 9.59 Å². The highest BCUT2D eigenvalue weighted by Gasteiger charge is 2.63. The molecule has 6 saturated heterocycles. The van der Waals surface area contributed by atoms with Crippen LogP contribution < -0.4 is 0 Å². The van der Waals surface area contributed by atoms with Crippen LogP contribution in [0.5, 0.6) is 0 Å². The molecular formula is C102H109NO23Si. The van der Waals surface area contributed by atoms with Crippen molar-refractivity contribution in [1.82, 2.24) is 4.90 Å². The van der Waals surface area contributed by atoms with E-state index in [9.17, 15) is 4.79 Å². The van der Waals surface area contributed by atoms with E-state index in [2.05, 4.69) is 19.6 Å². The van der Waals surface area contributed by atoms with E-state index < -0.39 is 161 Å². The van der Waals surface area contributed by atoms with Gasteiger partial charge in [0.25, 0.3) is 11.8 Å². The molecule has 0 aromatic heterocycles. The summed E-state index contributed by atoms with van der Waals surface area (Å²) in [6.07, 6.45) is -25.7. The summed E-state index contributed by atoms with van der Waals surface area (Å²) in [7, 11) is -1.72. The number of ether oxygens (including phenoxy) is 20. The number of imide groups is 1. The van der Waals surface area contributed by atoms with Gasteiger partial charge in [-0.15, -0.1) is 0 Å². The molecule has 2 amide bonds. The molecule has 0 bridgehead atoms. The highest BCUT2D eigenvalue weighted by Crippen LogP contribution is 2.46. The van der Waals surface area contributed by atoms with Crippen LogP contribution in [0.2, 0.25) is 25.7 Å². The molecule has 0 radical (unpaired) electrons. The highest BCUT2D eigenvalue weighted by molar-refractivity contribution is 6.76. The van der Waals surface area contributed by atoms with Crippen molar-refractivity contribution in [2.45, 2.75) is 214 Å². The number of benzene rings is 10. The van der Waals surface area contributed by atoms with E-state index in [1.54, 1.807) is 24.3 Å². The predicted octanol–water partition coefficient (Wildman–Crippen LogP) is 15.6. The Morgan fingerprint density at radius 2 is 0.669 bits per heavy atom. The first-order valence-electron chi connectivity index (χ1n) is 43.7. The summed E-state index contributed by atoms with van der Waals surface area (Å²) in [6.45, 7) is 8.64. The number of carbonyl (C=O) groups is 3. The van der Waals surface area contributed by atoms with E-state index in [0.717, 1.165) is 49.9 Å². The van der Waals surface area contributed by atoms with E-state index in [1.165, 1.54) is 6.92 Å². The third kappa shape index (κ3) is 22.6. The third-order valence-electron chi connectivity index (χ3n) is 23.6. The maximum absolute atomic E-state index is 15.5. The van der Waals surface area contributed by atoms with Gasteiger partial charge in [0, 0.05) is 32.7 Å². The summed E-state index contributed by atoms with van der Waals surface area (Å²) in [5, 5.41) is 0. The molecule has 24 nitrogen and oxygen atoms in total. The lowest BCUT2D eigenvalue weighted by Gasteiger charge is -2.54. The minimum atomic E-state index is -1.72. The molecule has 2 unspecified atom stereocenters. The Labute approximate surface area is 741 Å². The molecule has 0 N–H and O–H groups in total. The lowest BCUT2D eigenvalue weighted by Crippen LogP contribution is -2.71. The van der Waals surface area contributed by atoms with Gasteiger partial charge in [-0.2, -0.15) is 0 Å². The molecule has 25 heteroatoms. The second-order valence-corrected chi connectivity index (χ2v) is 39.5. The average Bonchev–Trinajstić information content (AvgIpc) is 1.70. The standard InChI is InChI=1S/C102H109NO23Si/c1-67(104)117-88-83(103-95(105)77-52-32-33-53-78(77)96(103)106)99(118-81-65-115-97(122-85(81)88)75-48-28-12-29-49-75)125-91-87-82(66-116-98(123-87)76-50-30-13-31-51-76)121-102(94(91)114-62-74-46-26-11-27-47-74)126-90-84(110-58-70-38-18-7-19-39-70)79(63-107-56-68-34-14-5-15-35-68)120-101(93(90)113-61-73-44-24-10-25-45-73)124-86-80(64-108-57-69-36-16-6-17-37-69)119-100(109-54-55-127(2,3)4)92(112-60-72-42-22-9-23-43-72)89(86)111-59-71-40-20-8-21-41-71/h5-53,79-94,97-102H,54-66H2,1-4H3/t79-,80-,81-,82-,83-,84+,85+,86-,87+,88-,89+,90+,91+,92-,93-,94-,97?,98?,99+,100-,101+,102-/m1/s1. The number of hydrogen-bond acceptors (Lipinski definition) is 23. The van der Waals surface area contributed by atoms with Gasteiger partial charge >= 0.3 is 5.97 Å². The zero-order valence-electron chi connectivity index (χ0n) is 71.5. The van der Waals surface area contributed by atoms with E-state index in [0.29, 0.717) is 17.7 Å². The Hall–Kier alpha value is -9.73. The Kier molecular flexibility index (Phi) is 30.3. The summed E-state index contributed by atoms with van der Waals surface area (Å²) in [4.78, 5) is 46.2. The number of nitrogens with zero attached hydrogens (tertiary/aromatic N) is 1. The normalized spacial score (nSPS) is 28.9. The first-order chi connectivity index (χ1) is 62.2. The van der Waals surface area contributed by atoms with Crippen LogP contribution in [-0.4, -0.2) is 187 Å². The first kappa shape index (κ1) is 89.3.